The predicted molar refractivity (Wildman–Crippen MR) is 76.1 cm³/mol. The number of para-hydroxylation sites is 1. The van der Waals surface area contributed by atoms with Crippen molar-refractivity contribution in [1.29, 1.82) is 0 Å². The highest BCUT2D eigenvalue weighted by Gasteiger charge is 2.08. The van der Waals surface area contributed by atoms with Crippen LogP contribution in [-0.2, 0) is 6.54 Å². The molecule has 3 rings (SSSR count). The Morgan fingerprint density at radius 1 is 1.05 bits per heavy atom. The van der Waals surface area contributed by atoms with Crippen molar-refractivity contribution in [3.05, 3.63) is 66.1 Å². The highest BCUT2D eigenvalue weighted by atomic mass is 19.1. The minimum absolute atomic E-state index is 0.179. The Morgan fingerprint density at radius 3 is 2.70 bits per heavy atom. The first-order valence-electron chi connectivity index (χ1n) is 6.28. The molecule has 0 aliphatic rings. The van der Waals surface area contributed by atoms with Gasteiger partial charge in [0.2, 0.25) is 0 Å². The number of nitrogens with two attached hydrogens (primary N) is 1. The van der Waals surface area contributed by atoms with Gasteiger partial charge in [0.25, 0.3) is 0 Å². The van der Waals surface area contributed by atoms with Crippen molar-refractivity contribution in [1.82, 2.24) is 4.98 Å². The summed E-state index contributed by atoms with van der Waals surface area (Å²) in [6.07, 6.45) is 1.64. The largest absolute Gasteiger partial charge is 0.454 e. The summed E-state index contributed by atoms with van der Waals surface area (Å²) in [6.45, 7) is 0.301. The zero-order valence-corrected chi connectivity index (χ0v) is 10.7. The van der Waals surface area contributed by atoms with Crippen LogP contribution in [0.3, 0.4) is 0 Å². The van der Waals surface area contributed by atoms with Crippen LogP contribution in [0, 0.1) is 5.82 Å². The van der Waals surface area contributed by atoms with E-state index in [4.69, 9.17) is 10.5 Å². The van der Waals surface area contributed by atoms with Crippen LogP contribution in [0.1, 0.15) is 5.56 Å². The molecule has 1 heterocycles. The van der Waals surface area contributed by atoms with E-state index in [1.807, 2.05) is 24.3 Å². The van der Waals surface area contributed by atoms with Gasteiger partial charge in [0, 0.05) is 18.1 Å². The molecule has 0 atom stereocenters. The van der Waals surface area contributed by atoms with Crippen molar-refractivity contribution in [3.63, 3.8) is 0 Å². The Hall–Kier alpha value is -2.46. The number of hydrogen-bond acceptors (Lipinski definition) is 3. The zero-order chi connectivity index (χ0) is 13.9. The highest BCUT2D eigenvalue weighted by molar-refractivity contribution is 5.84. The summed E-state index contributed by atoms with van der Waals surface area (Å²) < 4.78 is 19.6. The lowest BCUT2D eigenvalue weighted by atomic mass is 10.2. The summed E-state index contributed by atoms with van der Waals surface area (Å²) >= 11 is 0. The molecule has 2 N–H and O–H groups in total. The third kappa shape index (κ3) is 2.33. The minimum atomic E-state index is -0.422. The van der Waals surface area contributed by atoms with E-state index in [1.54, 1.807) is 24.4 Å². The van der Waals surface area contributed by atoms with Crippen molar-refractivity contribution in [2.75, 3.05) is 0 Å². The van der Waals surface area contributed by atoms with Gasteiger partial charge in [0.05, 0.1) is 5.52 Å². The summed E-state index contributed by atoms with van der Waals surface area (Å²) in [4.78, 5) is 4.24. The molecule has 0 aliphatic heterocycles. The number of benzene rings is 2. The maximum Gasteiger partial charge on any atom is 0.166 e. The molecule has 0 saturated heterocycles. The molecule has 2 aromatic carbocycles. The van der Waals surface area contributed by atoms with E-state index < -0.39 is 5.82 Å². The fourth-order valence-corrected chi connectivity index (χ4v) is 2.03. The molecule has 0 unspecified atom stereocenters. The maximum atomic E-state index is 13.9. The molecule has 20 heavy (non-hydrogen) atoms. The van der Waals surface area contributed by atoms with E-state index >= 15 is 0 Å². The minimum Gasteiger partial charge on any atom is -0.454 e. The third-order valence-corrected chi connectivity index (χ3v) is 3.06. The van der Waals surface area contributed by atoms with Crippen molar-refractivity contribution < 1.29 is 9.13 Å². The van der Waals surface area contributed by atoms with Gasteiger partial charge < -0.3 is 10.5 Å². The van der Waals surface area contributed by atoms with Crippen LogP contribution in [0.15, 0.2) is 54.7 Å². The SMILES string of the molecule is NCc1ccc(Oc2ccnc3ccccc23)c(F)c1. The van der Waals surface area contributed by atoms with Gasteiger partial charge >= 0.3 is 0 Å². The molecule has 0 spiro atoms. The molecule has 0 amide bonds. The van der Waals surface area contributed by atoms with Crippen LogP contribution in [0.4, 0.5) is 4.39 Å². The molecular formula is C16H13FN2O. The van der Waals surface area contributed by atoms with E-state index in [0.29, 0.717) is 12.3 Å². The molecule has 0 bridgehead atoms. The number of hydrogen-bond donors (Lipinski definition) is 1. The molecule has 0 aliphatic carbocycles. The van der Waals surface area contributed by atoms with Crippen molar-refractivity contribution in [3.8, 4) is 11.5 Å². The smallest absolute Gasteiger partial charge is 0.166 e. The number of nitrogens with zero attached hydrogens (tertiary/aromatic N) is 1. The Kier molecular flexibility index (Phi) is 3.31. The Bertz CT molecular complexity index is 753. The molecule has 3 nitrogen and oxygen atoms in total. The second-order valence-corrected chi connectivity index (χ2v) is 4.40. The van der Waals surface area contributed by atoms with Crippen LogP contribution in [0.25, 0.3) is 10.9 Å². The van der Waals surface area contributed by atoms with E-state index in [2.05, 4.69) is 4.98 Å². The number of ether oxygens (including phenoxy) is 1. The lowest BCUT2D eigenvalue weighted by Crippen LogP contribution is -1.98. The number of pyridine rings is 1. The lowest BCUT2D eigenvalue weighted by Gasteiger charge is -2.10. The zero-order valence-electron chi connectivity index (χ0n) is 10.7. The molecule has 4 heteroatoms. The average molecular weight is 268 g/mol. The van der Waals surface area contributed by atoms with Gasteiger partial charge in [-0.15, -0.1) is 0 Å². The molecule has 0 saturated carbocycles. The summed E-state index contributed by atoms with van der Waals surface area (Å²) in [5, 5.41) is 0.845. The first-order chi connectivity index (χ1) is 9.78. The number of fused-ring (bicyclic) bond motifs is 1. The molecule has 100 valence electrons. The standard InChI is InChI=1S/C16H13FN2O/c17-13-9-11(10-18)5-6-16(13)20-15-7-8-19-14-4-2-1-3-12(14)15/h1-9H,10,18H2. The second kappa shape index (κ2) is 5.27. The van der Waals surface area contributed by atoms with Crippen LogP contribution in [0.5, 0.6) is 11.5 Å². The predicted octanol–water partition coefficient (Wildman–Crippen LogP) is 3.62. The molecule has 1 aromatic heterocycles. The van der Waals surface area contributed by atoms with Crippen LogP contribution < -0.4 is 10.5 Å². The lowest BCUT2D eigenvalue weighted by molar-refractivity contribution is 0.445. The Morgan fingerprint density at radius 2 is 1.90 bits per heavy atom. The van der Waals surface area contributed by atoms with Crippen molar-refractivity contribution in [2.24, 2.45) is 5.73 Å². The fraction of sp³-hybridized carbons (Fsp3) is 0.0625. The molecule has 0 fully saturated rings. The van der Waals surface area contributed by atoms with Gasteiger partial charge in [-0.1, -0.05) is 18.2 Å². The Balaban J connectivity index is 2.01. The normalized spacial score (nSPS) is 10.7. The van der Waals surface area contributed by atoms with Gasteiger partial charge in [-0.3, -0.25) is 4.98 Å². The highest BCUT2D eigenvalue weighted by Crippen LogP contribution is 2.30. The topological polar surface area (TPSA) is 48.1 Å². The summed E-state index contributed by atoms with van der Waals surface area (Å²) in [7, 11) is 0. The molecule has 0 radical (unpaired) electrons. The van der Waals surface area contributed by atoms with Gasteiger partial charge in [-0.25, -0.2) is 4.39 Å². The number of rotatable bonds is 3. The quantitative estimate of drug-likeness (QED) is 0.789. The van der Waals surface area contributed by atoms with Crippen molar-refractivity contribution >= 4 is 10.9 Å². The van der Waals surface area contributed by atoms with E-state index in [0.717, 1.165) is 16.5 Å². The van der Waals surface area contributed by atoms with E-state index in [-0.39, 0.29) is 5.75 Å². The summed E-state index contributed by atoms with van der Waals surface area (Å²) in [5.74, 6) is 0.336. The third-order valence-electron chi connectivity index (χ3n) is 3.06. The molecular weight excluding hydrogens is 255 g/mol. The van der Waals surface area contributed by atoms with Gasteiger partial charge in [0.1, 0.15) is 5.75 Å². The van der Waals surface area contributed by atoms with Crippen LogP contribution in [-0.4, -0.2) is 4.98 Å². The van der Waals surface area contributed by atoms with Crippen molar-refractivity contribution in [2.45, 2.75) is 6.54 Å². The fourth-order valence-electron chi connectivity index (χ4n) is 2.03. The first-order valence-corrected chi connectivity index (χ1v) is 6.28. The number of halogens is 1. The van der Waals surface area contributed by atoms with Gasteiger partial charge in [-0.05, 0) is 35.9 Å². The average Bonchev–Trinajstić information content (AvgIpc) is 2.49. The van der Waals surface area contributed by atoms with E-state index in [1.165, 1.54) is 6.07 Å². The van der Waals surface area contributed by atoms with E-state index in [9.17, 15) is 4.39 Å². The first kappa shape index (κ1) is 12.6. The monoisotopic (exact) mass is 268 g/mol. The second-order valence-electron chi connectivity index (χ2n) is 4.40. The maximum absolute atomic E-state index is 13.9. The van der Waals surface area contributed by atoms with Gasteiger partial charge in [-0.2, -0.15) is 0 Å². The Labute approximate surface area is 115 Å². The van der Waals surface area contributed by atoms with Crippen LogP contribution >= 0.6 is 0 Å². The molecule has 3 aromatic rings. The number of aromatic nitrogens is 1. The van der Waals surface area contributed by atoms with Crippen LogP contribution in [0.2, 0.25) is 0 Å². The summed E-state index contributed by atoms with van der Waals surface area (Å²) in [6, 6.07) is 14.0. The van der Waals surface area contributed by atoms with Gasteiger partial charge in [0.15, 0.2) is 11.6 Å². The summed E-state index contributed by atoms with van der Waals surface area (Å²) in [5.41, 5.74) is 7.02.